The van der Waals surface area contributed by atoms with E-state index < -0.39 is 5.91 Å². The highest BCUT2D eigenvalue weighted by Crippen LogP contribution is 2.28. The first-order valence-electron chi connectivity index (χ1n) is 5.28. The van der Waals surface area contributed by atoms with Crippen LogP contribution in [0.2, 0.25) is 0 Å². The highest BCUT2D eigenvalue weighted by atomic mass is 32.2. The Balaban J connectivity index is 2.25. The monoisotopic (exact) mass is 265 g/mol. The van der Waals surface area contributed by atoms with E-state index in [-0.39, 0.29) is 18.5 Å². The fraction of sp³-hybridized carbons (Fsp3) is 0.167. The fourth-order valence-electron chi connectivity index (χ4n) is 1.45. The molecule has 1 fully saturated rings. The van der Waals surface area contributed by atoms with Crippen molar-refractivity contribution >= 4 is 29.0 Å². The Labute approximate surface area is 108 Å². The summed E-state index contributed by atoms with van der Waals surface area (Å²) in [6.45, 7) is 0.0943. The molecule has 0 spiro atoms. The first-order valence-corrected chi connectivity index (χ1v) is 6.10. The van der Waals surface area contributed by atoms with Crippen molar-refractivity contribution in [2.45, 2.75) is 0 Å². The van der Waals surface area contributed by atoms with Gasteiger partial charge in [-0.3, -0.25) is 14.9 Å². The number of aliphatic hydroxyl groups is 1. The number of thioether (sulfide) groups is 1. The van der Waals surface area contributed by atoms with Crippen molar-refractivity contribution in [2.24, 2.45) is 0 Å². The van der Waals surface area contributed by atoms with Gasteiger partial charge in [0.15, 0.2) is 0 Å². The van der Waals surface area contributed by atoms with Gasteiger partial charge in [-0.25, -0.2) is 0 Å². The molecule has 2 N–H and O–H groups in total. The molecule has 0 unspecified atom stereocenters. The molecule has 6 heteroatoms. The number of amides is 2. The van der Waals surface area contributed by atoms with Crippen LogP contribution in [-0.2, 0) is 4.79 Å². The minimum Gasteiger partial charge on any atom is -0.491 e. The fourth-order valence-corrected chi connectivity index (χ4v) is 2.12. The lowest BCUT2D eigenvalue weighted by molar-refractivity contribution is -0.115. The molecule has 18 heavy (non-hydrogen) atoms. The number of imide groups is 1. The van der Waals surface area contributed by atoms with Crippen molar-refractivity contribution < 1.29 is 19.4 Å². The average molecular weight is 265 g/mol. The summed E-state index contributed by atoms with van der Waals surface area (Å²) < 4.78 is 5.34. The molecule has 0 saturated carbocycles. The highest BCUT2D eigenvalue weighted by molar-refractivity contribution is 8.18. The third-order valence-electron chi connectivity index (χ3n) is 2.20. The predicted molar refractivity (Wildman–Crippen MR) is 68.1 cm³/mol. The van der Waals surface area contributed by atoms with Gasteiger partial charge < -0.3 is 9.84 Å². The second kappa shape index (κ2) is 5.70. The smallest absolute Gasteiger partial charge is 0.290 e. The Morgan fingerprint density at radius 1 is 1.33 bits per heavy atom. The minimum absolute atomic E-state index is 0.0847. The molecule has 1 saturated heterocycles. The minimum atomic E-state index is -0.401. The third-order valence-corrected chi connectivity index (χ3v) is 3.01. The molecule has 0 bridgehead atoms. The summed E-state index contributed by atoms with van der Waals surface area (Å²) >= 11 is 0.858. The molecule has 0 aromatic heterocycles. The Kier molecular flexibility index (Phi) is 4.01. The van der Waals surface area contributed by atoms with Crippen LogP contribution in [0.15, 0.2) is 29.2 Å². The second-order valence-corrected chi connectivity index (χ2v) is 4.48. The van der Waals surface area contributed by atoms with Gasteiger partial charge in [0.2, 0.25) is 0 Å². The summed E-state index contributed by atoms with van der Waals surface area (Å²) in [5.74, 6) is 0.161. The van der Waals surface area contributed by atoms with Crippen molar-refractivity contribution in [1.82, 2.24) is 5.32 Å². The van der Waals surface area contributed by atoms with Gasteiger partial charge >= 0.3 is 0 Å². The number of hydrogen-bond acceptors (Lipinski definition) is 5. The maximum Gasteiger partial charge on any atom is 0.290 e. The Hall–Kier alpha value is -1.79. The number of benzene rings is 1. The molecule has 94 valence electrons. The molecule has 0 aliphatic carbocycles. The normalized spacial score (nSPS) is 17.1. The summed E-state index contributed by atoms with van der Waals surface area (Å²) in [5.41, 5.74) is 0.693. The van der Waals surface area contributed by atoms with Crippen molar-refractivity contribution in [3.8, 4) is 5.75 Å². The summed E-state index contributed by atoms with van der Waals surface area (Å²) in [6, 6.07) is 7.11. The first kappa shape index (κ1) is 12.7. The molecule has 1 aliphatic heterocycles. The lowest BCUT2D eigenvalue weighted by atomic mass is 10.2. The molecular formula is C12H11NO4S. The summed E-state index contributed by atoms with van der Waals surface area (Å²) in [6.07, 6.45) is 1.59. The maximum absolute atomic E-state index is 11.4. The van der Waals surface area contributed by atoms with E-state index in [0.717, 1.165) is 11.8 Å². The zero-order valence-electron chi connectivity index (χ0n) is 9.38. The third kappa shape index (κ3) is 2.91. The Morgan fingerprint density at radius 3 is 2.78 bits per heavy atom. The number of nitrogens with one attached hydrogen (secondary N) is 1. The zero-order chi connectivity index (χ0) is 13.0. The quantitative estimate of drug-likeness (QED) is 0.804. The van der Waals surface area contributed by atoms with Gasteiger partial charge in [0.05, 0.1) is 11.5 Å². The van der Waals surface area contributed by atoms with E-state index in [0.29, 0.717) is 16.2 Å². The number of ether oxygens (including phenoxy) is 1. The molecule has 5 nitrogen and oxygen atoms in total. The van der Waals surface area contributed by atoms with E-state index in [4.69, 9.17) is 9.84 Å². The average Bonchev–Trinajstić information content (AvgIpc) is 2.67. The van der Waals surface area contributed by atoms with Gasteiger partial charge in [-0.2, -0.15) is 0 Å². The number of para-hydroxylation sites is 1. The standard InChI is InChI=1S/C12H11NO4S/c14-5-6-17-9-4-2-1-3-8(9)7-10-11(15)13-12(16)18-10/h1-4,7,14H,5-6H2,(H,13,15,16)/b10-7+. The van der Waals surface area contributed by atoms with Crippen molar-refractivity contribution in [3.63, 3.8) is 0 Å². The van der Waals surface area contributed by atoms with E-state index in [1.807, 2.05) is 0 Å². The lowest BCUT2D eigenvalue weighted by Crippen LogP contribution is -2.17. The topological polar surface area (TPSA) is 75.6 Å². The molecule has 2 amide bonds. The molecule has 2 rings (SSSR count). The largest absolute Gasteiger partial charge is 0.491 e. The lowest BCUT2D eigenvalue weighted by Gasteiger charge is -2.07. The van der Waals surface area contributed by atoms with Gasteiger partial charge in [0.25, 0.3) is 11.1 Å². The van der Waals surface area contributed by atoms with Gasteiger partial charge in [-0.15, -0.1) is 0 Å². The van der Waals surface area contributed by atoms with Gasteiger partial charge in [-0.05, 0) is 23.9 Å². The van der Waals surface area contributed by atoms with Gasteiger partial charge in [0, 0.05) is 5.56 Å². The van der Waals surface area contributed by atoms with Crippen LogP contribution in [0.5, 0.6) is 5.75 Å². The number of rotatable bonds is 4. The predicted octanol–water partition coefficient (Wildman–Crippen LogP) is 1.38. The van der Waals surface area contributed by atoms with E-state index >= 15 is 0 Å². The van der Waals surface area contributed by atoms with E-state index in [2.05, 4.69) is 5.32 Å². The molecule has 1 heterocycles. The van der Waals surface area contributed by atoms with Crippen molar-refractivity contribution in [2.75, 3.05) is 13.2 Å². The number of carbonyl (C=O) groups excluding carboxylic acids is 2. The van der Waals surface area contributed by atoms with Crippen LogP contribution in [0.3, 0.4) is 0 Å². The summed E-state index contributed by atoms with van der Waals surface area (Å²) in [5, 5.41) is 10.5. The Morgan fingerprint density at radius 2 is 2.11 bits per heavy atom. The summed E-state index contributed by atoms with van der Waals surface area (Å²) in [7, 11) is 0. The van der Waals surface area contributed by atoms with Crippen molar-refractivity contribution in [3.05, 3.63) is 34.7 Å². The molecule has 0 radical (unpaired) electrons. The van der Waals surface area contributed by atoms with Gasteiger partial charge in [-0.1, -0.05) is 18.2 Å². The summed E-state index contributed by atoms with van der Waals surface area (Å²) in [4.78, 5) is 22.8. The van der Waals surface area contributed by atoms with E-state index in [1.54, 1.807) is 30.3 Å². The van der Waals surface area contributed by atoms with Crippen LogP contribution in [0.25, 0.3) is 6.08 Å². The van der Waals surface area contributed by atoms with Gasteiger partial charge in [0.1, 0.15) is 12.4 Å². The van der Waals surface area contributed by atoms with Crippen LogP contribution in [-0.4, -0.2) is 29.5 Å². The SMILES string of the molecule is O=C1NC(=O)/C(=C\c2ccccc2OCCO)S1. The Bertz CT molecular complexity index is 513. The molecule has 1 aliphatic rings. The molecular weight excluding hydrogens is 254 g/mol. The second-order valence-electron chi connectivity index (χ2n) is 3.46. The van der Waals surface area contributed by atoms with Crippen LogP contribution >= 0.6 is 11.8 Å². The first-order chi connectivity index (χ1) is 8.70. The van der Waals surface area contributed by atoms with Crippen molar-refractivity contribution in [1.29, 1.82) is 0 Å². The molecule has 0 atom stereocenters. The maximum atomic E-state index is 11.4. The van der Waals surface area contributed by atoms with Crippen LogP contribution in [0.4, 0.5) is 4.79 Å². The number of hydrogen-bond donors (Lipinski definition) is 2. The molecule has 1 aromatic rings. The number of carbonyl (C=O) groups is 2. The van der Waals surface area contributed by atoms with Crippen LogP contribution in [0, 0.1) is 0 Å². The number of aliphatic hydroxyl groups excluding tert-OH is 1. The zero-order valence-corrected chi connectivity index (χ0v) is 10.2. The van der Waals surface area contributed by atoms with E-state index in [1.165, 1.54) is 0 Å². The van der Waals surface area contributed by atoms with E-state index in [9.17, 15) is 9.59 Å². The van der Waals surface area contributed by atoms with Crippen LogP contribution < -0.4 is 10.1 Å². The van der Waals surface area contributed by atoms with Crippen LogP contribution in [0.1, 0.15) is 5.56 Å². The highest BCUT2D eigenvalue weighted by Gasteiger charge is 2.25. The molecule has 1 aromatic carbocycles.